The van der Waals surface area contributed by atoms with Gasteiger partial charge in [-0.3, -0.25) is 9.69 Å². The fraction of sp³-hybridized carbons (Fsp3) is 0.261. The molecule has 2 aromatic carbocycles. The van der Waals surface area contributed by atoms with Gasteiger partial charge in [0, 0.05) is 13.6 Å². The lowest BCUT2D eigenvalue weighted by atomic mass is 10.0. The molecule has 0 saturated heterocycles. The Labute approximate surface area is 178 Å². The first-order chi connectivity index (χ1) is 13.7. The monoisotopic (exact) mass is 414 g/mol. The van der Waals surface area contributed by atoms with Crippen LogP contribution in [-0.4, -0.2) is 38.1 Å². The van der Waals surface area contributed by atoms with Crippen LogP contribution >= 0.6 is 12.4 Å². The van der Waals surface area contributed by atoms with Crippen LogP contribution in [0.25, 0.3) is 11.1 Å². The Morgan fingerprint density at radius 3 is 2.52 bits per heavy atom. The number of halogens is 1. The van der Waals surface area contributed by atoms with E-state index in [0.717, 1.165) is 35.6 Å². The van der Waals surface area contributed by atoms with E-state index in [-0.39, 0.29) is 18.3 Å². The molecular formula is C23H27ClN2O3. The Hall–Kier alpha value is -2.76. The van der Waals surface area contributed by atoms with Crippen LogP contribution in [-0.2, 0) is 17.8 Å². The minimum Gasteiger partial charge on any atom is -0.497 e. The molecule has 0 radical (unpaired) electrons. The third-order valence-electron chi connectivity index (χ3n) is 4.65. The second-order valence-electron chi connectivity index (χ2n) is 6.65. The summed E-state index contributed by atoms with van der Waals surface area (Å²) < 4.78 is 10.8. The molecule has 0 aliphatic heterocycles. The number of amides is 1. The van der Waals surface area contributed by atoms with Crippen LogP contribution in [0.1, 0.15) is 11.3 Å². The molecule has 0 atom stereocenters. The highest BCUT2D eigenvalue weighted by molar-refractivity contribution is 5.85. The zero-order valence-electron chi connectivity index (χ0n) is 16.8. The highest BCUT2D eigenvalue weighted by atomic mass is 35.5. The van der Waals surface area contributed by atoms with Gasteiger partial charge in [-0.2, -0.15) is 0 Å². The first-order valence-electron chi connectivity index (χ1n) is 9.36. The van der Waals surface area contributed by atoms with E-state index in [9.17, 15) is 4.79 Å². The van der Waals surface area contributed by atoms with Crippen molar-refractivity contribution in [3.05, 3.63) is 78.3 Å². The zero-order valence-corrected chi connectivity index (χ0v) is 17.6. The standard InChI is InChI=1S/C23H26N2O3.ClH/c1-24-23(26)17-25(16-22-10-5-13-28-22)12-11-18-6-3-7-19(14-18)20-8-4-9-21(15-20)27-2;/h3-10,13-15H,11-12,16-17H2,1-2H3,(H,24,26);1H. The normalized spacial score (nSPS) is 10.4. The molecule has 3 rings (SSSR count). The van der Waals surface area contributed by atoms with Crippen molar-refractivity contribution in [1.82, 2.24) is 10.2 Å². The lowest BCUT2D eigenvalue weighted by molar-refractivity contribution is -0.121. The molecule has 0 fully saturated rings. The molecule has 0 aliphatic carbocycles. The van der Waals surface area contributed by atoms with Gasteiger partial charge in [-0.15, -0.1) is 12.4 Å². The number of nitrogens with zero attached hydrogens (tertiary/aromatic N) is 1. The Balaban J connectivity index is 0.00000300. The third-order valence-corrected chi connectivity index (χ3v) is 4.65. The molecule has 1 N–H and O–H groups in total. The first-order valence-corrected chi connectivity index (χ1v) is 9.36. The summed E-state index contributed by atoms with van der Waals surface area (Å²) in [6.07, 6.45) is 2.50. The molecular weight excluding hydrogens is 388 g/mol. The fourth-order valence-corrected chi connectivity index (χ4v) is 3.12. The van der Waals surface area contributed by atoms with E-state index in [1.54, 1.807) is 20.4 Å². The van der Waals surface area contributed by atoms with Gasteiger partial charge in [0.05, 0.1) is 26.5 Å². The predicted molar refractivity (Wildman–Crippen MR) is 117 cm³/mol. The lowest BCUT2D eigenvalue weighted by Crippen LogP contribution is -2.36. The van der Waals surface area contributed by atoms with Crippen molar-refractivity contribution in [3.8, 4) is 16.9 Å². The van der Waals surface area contributed by atoms with Gasteiger partial charge in [-0.05, 0) is 47.4 Å². The minimum absolute atomic E-state index is 0. The highest BCUT2D eigenvalue weighted by Gasteiger charge is 2.12. The molecule has 29 heavy (non-hydrogen) atoms. The SMILES string of the molecule is CNC(=O)CN(CCc1cccc(-c2cccc(OC)c2)c1)Cc1ccco1.Cl. The van der Waals surface area contributed by atoms with E-state index in [2.05, 4.69) is 40.5 Å². The van der Waals surface area contributed by atoms with Crippen LogP contribution in [0.5, 0.6) is 5.75 Å². The molecule has 1 amide bonds. The second kappa shape index (κ2) is 11.3. The van der Waals surface area contributed by atoms with Crippen LogP contribution in [0, 0.1) is 0 Å². The van der Waals surface area contributed by atoms with Gasteiger partial charge in [0.15, 0.2) is 0 Å². The molecule has 3 aromatic rings. The minimum atomic E-state index is -0.00307. The Morgan fingerprint density at radius 1 is 1.07 bits per heavy atom. The number of carbonyl (C=O) groups is 1. The van der Waals surface area contributed by atoms with Crippen LogP contribution in [0.2, 0.25) is 0 Å². The number of hydrogen-bond acceptors (Lipinski definition) is 4. The smallest absolute Gasteiger partial charge is 0.233 e. The molecule has 5 nitrogen and oxygen atoms in total. The summed E-state index contributed by atoms with van der Waals surface area (Å²) in [6.45, 7) is 1.71. The number of furan rings is 1. The van der Waals surface area contributed by atoms with E-state index in [1.165, 1.54) is 5.56 Å². The highest BCUT2D eigenvalue weighted by Crippen LogP contribution is 2.24. The van der Waals surface area contributed by atoms with Crippen LogP contribution in [0.4, 0.5) is 0 Å². The van der Waals surface area contributed by atoms with Gasteiger partial charge >= 0.3 is 0 Å². The second-order valence-corrected chi connectivity index (χ2v) is 6.65. The molecule has 1 heterocycles. The van der Waals surface area contributed by atoms with E-state index in [0.29, 0.717) is 13.1 Å². The molecule has 154 valence electrons. The predicted octanol–water partition coefficient (Wildman–Crippen LogP) is 4.17. The number of nitrogens with one attached hydrogen (secondary N) is 1. The summed E-state index contributed by atoms with van der Waals surface area (Å²) in [5, 5.41) is 2.69. The van der Waals surface area contributed by atoms with Crippen molar-refractivity contribution in [2.75, 3.05) is 27.2 Å². The maximum Gasteiger partial charge on any atom is 0.233 e. The van der Waals surface area contributed by atoms with E-state index in [1.807, 2.05) is 30.3 Å². The quantitative estimate of drug-likeness (QED) is 0.571. The maximum atomic E-state index is 11.9. The Bertz CT molecular complexity index is 897. The summed E-state index contributed by atoms with van der Waals surface area (Å²) in [5.41, 5.74) is 3.50. The largest absolute Gasteiger partial charge is 0.497 e. The topological polar surface area (TPSA) is 54.7 Å². The van der Waals surface area contributed by atoms with Crippen LogP contribution in [0.15, 0.2) is 71.3 Å². The van der Waals surface area contributed by atoms with Gasteiger partial charge in [0.25, 0.3) is 0 Å². The van der Waals surface area contributed by atoms with Gasteiger partial charge < -0.3 is 14.5 Å². The van der Waals surface area contributed by atoms with Crippen molar-refractivity contribution in [1.29, 1.82) is 0 Å². The van der Waals surface area contributed by atoms with Crippen molar-refractivity contribution in [3.63, 3.8) is 0 Å². The molecule has 0 unspecified atom stereocenters. The Kier molecular flexibility index (Phi) is 8.77. The molecule has 0 bridgehead atoms. The molecule has 1 aromatic heterocycles. The number of hydrogen-bond donors (Lipinski definition) is 1. The van der Waals surface area contributed by atoms with E-state index >= 15 is 0 Å². The Morgan fingerprint density at radius 2 is 1.83 bits per heavy atom. The van der Waals surface area contributed by atoms with Crippen LogP contribution in [0.3, 0.4) is 0 Å². The molecule has 0 saturated carbocycles. The van der Waals surface area contributed by atoms with E-state index in [4.69, 9.17) is 9.15 Å². The number of methoxy groups -OCH3 is 1. The number of carbonyl (C=O) groups excluding carboxylic acids is 1. The van der Waals surface area contributed by atoms with Crippen molar-refractivity contribution in [2.24, 2.45) is 0 Å². The third kappa shape index (κ3) is 6.66. The van der Waals surface area contributed by atoms with Crippen molar-refractivity contribution >= 4 is 18.3 Å². The van der Waals surface area contributed by atoms with Gasteiger partial charge in [-0.1, -0.05) is 36.4 Å². The lowest BCUT2D eigenvalue weighted by Gasteiger charge is -2.20. The van der Waals surface area contributed by atoms with Gasteiger partial charge in [-0.25, -0.2) is 0 Å². The fourth-order valence-electron chi connectivity index (χ4n) is 3.12. The average Bonchev–Trinajstić information content (AvgIpc) is 3.25. The van der Waals surface area contributed by atoms with Crippen molar-refractivity contribution < 1.29 is 13.9 Å². The average molecular weight is 415 g/mol. The van der Waals surface area contributed by atoms with Gasteiger partial charge in [0.2, 0.25) is 5.91 Å². The number of rotatable bonds is 9. The number of ether oxygens (including phenoxy) is 1. The maximum absolute atomic E-state index is 11.9. The van der Waals surface area contributed by atoms with E-state index < -0.39 is 0 Å². The molecule has 0 aliphatic rings. The summed E-state index contributed by atoms with van der Waals surface area (Å²) in [5.74, 6) is 1.70. The summed E-state index contributed by atoms with van der Waals surface area (Å²) >= 11 is 0. The van der Waals surface area contributed by atoms with Crippen LogP contribution < -0.4 is 10.1 Å². The summed E-state index contributed by atoms with van der Waals surface area (Å²) in [7, 11) is 3.33. The van der Waals surface area contributed by atoms with Crippen molar-refractivity contribution in [2.45, 2.75) is 13.0 Å². The molecule has 0 spiro atoms. The number of likely N-dealkylation sites (N-methyl/N-ethyl adjacent to an activating group) is 1. The first kappa shape index (κ1) is 22.5. The zero-order chi connectivity index (χ0) is 19.8. The number of benzene rings is 2. The van der Waals surface area contributed by atoms with Gasteiger partial charge in [0.1, 0.15) is 11.5 Å². The summed E-state index contributed by atoms with van der Waals surface area (Å²) in [4.78, 5) is 14.0. The molecule has 6 heteroatoms. The summed E-state index contributed by atoms with van der Waals surface area (Å²) in [6, 6.07) is 20.3.